The number of carbonyl (C=O) groups excluding carboxylic acids is 2. The number of benzene rings is 2. The maximum absolute atomic E-state index is 13.0. The molecule has 0 bridgehead atoms. The van der Waals surface area contributed by atoms with Crippen molar-refractivity contribution < 1.29 is 13.8 Å². The van der Waals surface area contributed by atoms with Crippen molar-refractivity contribution in [2.24, 2.45) is 0 Å². The Bertz CT molecular complexity index is 1080. The van der Waals surface area contributed by atoms with Gasteiger partial charge in [0.1, 0.15) is 0 Å². The number of hydrogen-bond acceptors (Lipinski definition) is 4. The van der Waals surface area contributed by atoms with E-state index in [-0.39, 0.29) is 11.8 Å². The molecule has 1 aliphatic rings. The zero-order valence-electron chi connectivity index (χ0n) is 14.4. The number of carbonyl (C=O) groups is 2. The van der Waals surface area contributed by atoms with Crippen LogP contribution < -0.4 is 10.2 Å². The highest BCUT2D eigenvalue weighted by Crippen LogP contribution is 2.34. The lowest BCUT2D eigenvalue weighted by Crippen LogP contribution is -2.26. The Morgan fingerprint density at radius 1 is 1.07 bits per heavy atom. The zero-order chi connectivity index (χ0) is 19.0. The molecule has 4 rings (SSSR count). The molecule has 0 fully saturated rings. The number of rotatable bonds is 2. The summed E-state index contributed by atoms with van der Waals surface area (Å²) in [5.41, 5.74) is 1.78. The van der Waals surface area contributed by atoms with E-state index in [2.05, 4.69) is 10.3 Å². The average Bonchev–Trinajstić information content (AvgIpc) is 2.79. The van der Waals surface area contributed by atoms with Crippen molar-refractivity contribution in [2.75, 3.05) is 17.3 Å². The minimum atomic E-state index is -1.51. The second-order valence-corrected chi connectivity index (χ2v) is 7.42. The van der Waals surface area contributed by atoms with Gasteiger partial charge in [0.25, 0.3) is 11.8 Å². The quantitative estimate of drug-likeness (QED) is 0.744. The lowest BCUT2D eigenvalue weighted by Gasteiger charge is -2.18. The third kappa shape index (κ3) is 3.02. The molecule has 0 spiro atoms. The Morgan fingerprint density at radius 3 is 2.67 bits per heavy atom. The van der Waals surface area contributed by atoms with E-state index in [4.69, 9.17) is 0 Å². The number of anilines is 2. The van der Waals surface area contributed by atoms with Crippen LogP contribution in [0.25, 0.3) is 0 Å². The van der Waals surface area contributed by atoms with E-state index in [1.54, 1.807) is 74.0 Å². The van der Waals surface area contributed by atoms with Crippen LogP contribution in [0, 0.1) is 0 Å². The molecule has 1 aliphatic heterocycles. The van der Waals surface area contributed by atoms with Crippen LogP contribution in [0.15, 0.2) is 76.8 Å². The van der Waals surface area contributed by atoms with Crippen molar-refractivity contribution >= 4 is 34.0 Å². The van der Waals surface area contributed by atoms with Crippen molar-refractivity contribution in [1.82, 2.24) is 4.98 Å². The van der Waals surface area contributed by atoms with Crippen molar-refractivity contribution in [3.63, 3.8) is 0 Å². The van der Waals surface area contributed by atoms with Crippen LogP contribution in [0.5, 0.6) is 0 Å². The number of aromatic nitrogens is 1. The molecule has 6 nitrogen and oxygen atoms in total. The molecule has 1 aromatic heterocycles. The fourth-order valence-corrected chi connectivity index (χ4v) is 4.30. The summed E-state index contributed by atoms with van der Waals surface area (Å²) in [7, 11) is 0.102. The number of amides is 2. The van der Waals surface area contributed by atoms with E-state index in [9.17, 15) is 13.8 Å². The van der Waals surface area contributed by atoms with Gasteiger partial charge in [-0.05, 0) is 42.5 Å². The summed E-state index contributed by atoms with van der Waals surface area (Å²) in [6.07, 6.45) is 3.16. The minimum Gasteiger partial charge on any atom is -0.321 e. The Labute approximate surface area is 158 Å². The first kappa shape index (κ1) is 17.1. The second kappa shape index (κ2) is 6.77. The number of fused-ring (bicyclic) bond motifs is 2. The molecular formula is C20H15N3O3S. The molecule has 3 aromatic rings. The summed E-state index contributed by atoms with van der Waals surface area (Å²) in [4.78, 5) is 31.7. The van der Waals surface area contributed by atoms with Crippen LogP contribution in [-0.2, 0) is 10.8 Å². The van der Waals surface area contributed by atoms with Crippen LogP contribution >= 0.6 is 0 Å². The summed E-state index contributed by atoms with van der Waals surface area (Å²) in [6, 6.07) is 15.1. The van der Waals surface area contributed by atoms with E-state index in [0.29, 0.717) is 32.3 Å². The van der Waals surface area contributed by atoms with Gasteiger partial charge in [-0.1, -0.05) is 12.1 Å². The van der Waals surface area contributed by atoms with Crippen LogP contribution in [0.3, 0.4) is 0 Å². The van der Waals surface area contributed by atoms with Crippen LogP contribution in [-0.4, -0.2) is 28.1 Å². The van der Waals surface area contributed by atoms with E-state index in [1.807, 2.05) is 0 Å². The third-order valence-electron chi connectivity index (χ3n) is 4.32. The molecule has 0 saturated heterocycles. The maximum Gasteiger partial charge on any atom is 0.259 e. The molecule has 7 heteroatoms. The molecule has 2 aromatic carbocycles. The highest BCUT2D eigenvalue weighted by atomic mass is 32.2. The van der Waals surface area contributed by atoms with Gasteiger partial charge in [-0.3, -0.25) is 14.6 Å². The van der Waals surface area contributed by atoms with Crippen molar-refractivity contribution in [3.05, 3.63) is 78.1 Å². The molecule has 0 saturated carbocycles. The predicted octanol–water partition coefficient (Wildman–Crippen LogP) is 3.09. The lowest BCUT2D eigenvalue weighted by molar-refractivity contribution is 0.0987. The molecule has 2 amide bonds. The summed E-state index contributed by atoms with van der Waals surface area (Å²) in [5.74, 6) is -0.596. The van der Waals surface area contributed by atoms with Gasteiger partial charge in [-0.25, -0.2) is 4.21 Å². The largest absolute Gasteiger partial charge is 0.321 e. The van der Waals surface area contributed by atoms with Gasteiger partial charge in [-0.15, -0.1) is 0 Å². The zero-order valence-corrected chi connectivity index (χ0v) is 15.2. The normalized spacial score (nSPS) is 15.5. The summed E-state index contributed by atoms with van der Waals surface area (Å²) in [5, 5.41) is 2.75. The molecular weight excluding hydrogens is 362 g/mol. The monoisotopic (exact) mass is 377 g/mol. The van der Waals surface area contributed by atoms with Gasteiger partial charge in [-0.2, -0.15) is 0 Å². The molecule has 1 atom stereocenters. The Kier molecular flexibility index (Phi) is 4.29. The van der Waals surface area contributed by atoms with Gasteiger partial charge in [0.05, 0.1) is 43.7 Å². The highest BCUT2D eigenvalue weighted by Gasteiger charge is 2.29. The third-order valence-corrected chi connectivity index (χ3v) is 5.82. The molecule has 2 heterocycles. The maximum atomic E-state index is 13.0. The predicted molar refractivity (Wildman–Crippen MR) is 102 cm³/mol. The fourth-order valence-electron chi connectivity index (χ4n) is 2.93. The number of nitrogens with zero attached hydrogens (tertiary/aromatic N) is 2. The van der Waals surface area contributed by atoms with Gasteiger partial charge >= 0.3 is 0 Å². The second-order valence-electron chi connectivity index (χ2n) is 6.01. The van der Waals surface area contributed by atoms with Gasteiger partial charge < -0.3 is 10.2 Å². The van der Waals surface area contributed by atoms with Gasteiger partial charge in [0.15, 0.2) is 0 Å². The molecule has 1 unspecified atom stereocenters. The van der Waals surface area contributed by atoms with E-state index in [0.717, 1.165) is 0 Å². The SMILES string of the molecule is CN1C(=O)c2ccccc2S(=O)c2ccc(C(=O)Nc3cccnc3)cc21. The molecule has 0 radical (unpaired) electrons. The van der Waals surface area contributed by atoms with E-state index >= 15 is 0 Å². The van der Waals surface area contributed by atoms with Crippen LogP contribution in [0.4, 0.5) is 11.4 Å². The first-order valence-electron chi connectivity index (χ1n) is 8.20. The molecule has 1 N–H and O–H groups in total. The first-order chi connectivity index (χ1) is 13.1. The fraction of sp³-hybridized carbons (Fsp3) is 0.0500. The first-order valence-corrected chi connectivity index (χ1v) is 9.35. The van der Waals surface area contributed by atoms with Crippen molar-refractivity contribution in [3.8, 4) is 0 Å². The smallest absolute Gasteiger partial charge is 0.259 e. The minimum absolute atomic E-state index is 0.262. The van der Waals surface area contributed by atoms with Gasteiger partial charge in [0.2, 0.25) is 0 Å². The molecule has 0 aliphatic carbocycles. The molecule has 134 valence electrons. The summed E-state index contributed by atoms with van der Waals surface area (Å²) >= 11 is 0. The topological polar surface area (TPSA) is 79.4 Å². The summed E-state index contributed by atoms with van der Waals surface area (Å²) < 4.78 is 13.0. The molecule has 27 heavy (non-hydrogen) atoms. The van der Waals surface area contributed by atoms with Crippen LogP contribution in [0.2, 0.25) is 0 Å². The van der Waals surface area contributed by atoms with Crippen molar-refractivity contribution in [2.45, 2.75) is 9.79 Å². The Balaban J connectivity index is 1.75. The number of pyridine rings is 1. The van der Waals surface area contributed by atoms with E-state index in [1.165, 1.54) is 4.90 Å². The number of nitrogens with one attached hydrogen (secondary N) is 1. The standard InChI is InChI=1S/C20H15N3O3S/c1-23-16-11-13(19(24)22-14-5-4-10-21-12-14)8-9-18(16)27(26)17-7-3-2-6-15(17)20(23)25/h2-12H,1H3,(H,22,24). The number of hydrogen-bond donors (Lipinski definition) is 1. The highest BCUT2D eigenvalue weighted by molar-refractivity contribution is 7.85. The van der Waals surface area contributed by atoms with Crippen molar-refractivity contribution in [1.29, 1.82) is 0 Å². The Hall–Kier alpha value is -3.32. The summed E-state index contributed by atoms with van der Waals surface area (Å²) in [6.45, 7) is 0. The van der Waals surface area contributed by atoms with Gasteiger partial charge in [0, 0.05) is 18.8 Å². The Morgan fingerprint density at radius 2 is 1.89 bits per heavy atom. The average molecular weight is 377 g/mol. The van der Waals surface area contributed by atoms with E-state index < -0.39 is 10.8 Å². The lowest BCUT2D eigenvalue weighted by atomic mass is 10.1. The van der Waals surface area contributed by atoms with Crippen LogP contribution in [0.1, 0.15) is 20.7 Å².